The molecule has 0 aromatic heterocycles. The molecular formula is C30H42N2O7S. The number of amides is 1. The van der Waals surface area contributed by atoms with E-state index in [-0.39, 0.29) is 43.9 Å². The van der Waals surface area contributed by atoms with E-state index in [1.165, 1.54) is 18.9 Å². The van der Waals surface area contributed by atoms with Crippen LogP contribution in [-0.2, 0) is 42.2 Å². The monoisotopic (exact) mass is 574 g/mol. The molecular weight excluding hydrogens is 532 g/mol. The second-order valence-corrected chi connectivity index (χ2v) is 11.6. The zero-order valence-electron chi connectivity index (χ0n) is 23.6. The molecule has 4 N–H and O–H groups in total. The number of aliphatic hydroxyl groups excluding tert-OH is 1. The van der Waals surface area contributed by atoms with Gasteiger partial charge in [-0.1, -0.05) is 54.6 Å². The summed E-state index contributed by atoms with van der Waals surface area (Å²) in [5, 5.41) is 19.8. The first kappa shape index (κ1) is 32.0. The SMILES string of the molecule is CNNC(=O)C(CCOC(C)(O)CSCCO)(COCc1ccccc1)c1cccc(CC2(C(=O)OC)CC2)c1. The van der Waals surface area contributed by atoms with Crippen LogP contribution in [0, 0.1) is 5.41 Å². The Morgan fingerprint density at radius 1 is 1.10 bits per heavy atom. The van der Waals surface area contributed by atoms with Gasteiger partial charge in [0.1, 0.15) is 5.41 Å². The maximum absolute atomic E-state index is 13.8. The normalized spacial score (nSPS) is 16.9. The number of hydrogen-bond acceptors (Lipinski definition) is 9. The summed E-state index contributed by atoms with van der Waals surface area (Å²) < 4.78 is 17.1. The van der Waals surface area contributed by atoms with E-state index in [2.05, 4.69) is 10.9 Å². The third-order valence-corrected chi connectivity index (χ3v) is 8.39. The summed E-state index contributed by atoms with van der Waals surface area (Å²) in [7, 11) is 3.03. The molecule has 10 heteroatoms. The van der Waals surface area contributed by atoms with Crippen molar-refractivity contribution in [3.05, 3.63) is 71.3 Å². The van der Waals surface area contributed by atoms with E-state index in [1.807, 2.05) is 54.6 Å². The number of hydrogen-bond donors (Lipinski definition) is 4. The molecule has 0 spiro atoms. The molecule has 2 aromatic carbocycles. The van der Waals surface area contributed by atoms with Gasteiger partial charge in [0, 0.05) is 18.6 Å². The minimum absolute atomic E-state index is 0.0143. The Labute approximate surface area is 240 Å². The highest BCUT2D eigenvalue weighted by Gasteiger charge is 2.51. The third-order valence-electron chi connectivity index (χ3n) is 7.17. The zero-order chi connectivity index (χ0) is 29.1. The lowest BCUT2D eigenvalue weighted by Gasteiger charge is -2.34. The van der Waals surface area contributed by atoms with Gasteiger partial charge in [-0.2, -0.15) is 11.8 Å². The molecule has 0 radical (unpaired) electrons. The van der Waals surface area contributed by atoms with Crippen molar-refractivity contribution >= 4 is 23.6 Å². The summed E-state index contributed by atoms with van der Waals surface area (Å²) in [6.07, 6.45) is 2.29. The van der Waals surface area contributed by atoms with E-state index in [1.54, 1.807) is 14.0 Å². The van der Waals surface area contributed by atoms with Gasteiger partial charge >= 0.3 is 5.97 Å². The van der Waals surface area contributed by atoms with Crippen molar-refractivity contribution in [1.82, 2.24) is 10.9 Å². The van der Waals surface area contributed by atoms with Gasteiger partial charge in [-0.05, 0) is 49.3 Å². The third kappa shape index (κ3) is 8.76. The Hall–Kier alpha value is -2.47. The maximum atomic E-state index is 13.8. The molecule has 2 aromatic rings. The lowest BCUT2D eigenvalue weighted by atomic mass is 9.76. The van der Waals surface area contributed by atoms with Gasteiger partial charge in [-0.15, -0.1) is 0 Å². The van der Waals surface area contributed by atoms with Gasteiger partial charge in [-0.3, -0.25) is 15.0 Å². The minimum atomic E-state index is -1.43. The minimum Gasteiger partial charge on any atom is -0.469 e. The maximum Gasteiger partial charge on any atom is 0.312 e. The molecule has 3 rings (SSSR count). The molecule has 1 aliphatic carbocycles. The number of aliphatic hydroxyl groups is 2. The number of carbonyl (C=O) groups is 2. The van der Waals surface area contributed by atoms with Crippen LogP contribution in [-0.4, -0.2) is 73.4 Å². The molecule has 2 unspecified atom stereocenters. The smallest absolute Gasteiger partial charge is 0.312 e. The number of methoxy groups -OCH3 is 1. The van der Waals surface area contributed by atoms with E-state index in [0.29, 0.717) is 18.8 Å². The van der Waals surface area contributed by atoms with Crippen molar-refractivity contribution in [2.24, 2.45) is 5.41 Å². The van der Waals surface area contributed by atoms with Gasteiger partial charge in [0.05, 0.1) is 39.0 Å². The van der Waals surface area contributed by atoms with Crippen LogP contribution in [0.5, 0.6) is 0 Å². The summed E-state index contributed by atoms with van der Waals surface area (Å²) in [4.78, 5) is 26.2. The van der Waals surface area contributed by atoms with Crippen LogP contribution in [0.25, 0.3) is 0 Å². The fourth-order valence-electron chi connectivity index (χ4n) is 4.76. The fraction of sp³-hybridized carbons (Fsp3) is 0.533. The molecule has 0 aliphatic heterocycles. The molecule has 0 saturated heterocycles. The Kier molecular flexibility index (Phi) is 12.0. The Morgan fingerprint density at radius 3 is 2.48 bits per heavy atom. The van der Waals surface area contributed by atoms with Crippen LogP contribution in [0.3, 0.4) is 0 Å². The topological polar surface area (TPSA) is 126 Å². The summed E-state index contributed by atoms with van der Waals surface area (Å²) in [5.74, 6) is -1.18. The number of carbonyl (C=O) groups excluding carboxylic acids is 2. The first-order valence-electron chi connectivity index (χ1n) is 13.5. The molecule has 9 nitrogen and oxygen atoms in total. The number of thioether (sulfide) groups is 1. The molecule has 1 amide bonds. The summed E-state index contributed by atoms with van der Waals surface area (Å²) in [5.41, 5.74) is 6.44. The average molecular weight is 575 g/mol. The summed E-state index contributed by atoms with van der Waals surface area (Å²) >= 11 is 1.38. The van der Waals surface area contributed by atoms with Crippen molar-refractivity contribution in [3.63, 3.8) is 0 Å². The van der Waals surface area contributed by atoms with Crippen molar-refractivity contribution in [2.45, 2.75) is 50.4 Å². The molecule has 0 bridgehead atoms. The van der Waals surface area contributed by atoms with E-state index < -0.39 is 16.6 Å². The summed E-state index contributed by atoms with van der Waals surface area (Å²) in [6, 6.07) is 17.4. The van der Waals surface area contributed by atoms with E-state index in [9.17, 15) is 14.7 Å². The number of ether oxygens (including phenoxy) is 3. The molecule has 220 valence electrons. The molecule has 1 saturated carbocycles. The summed E-state index contributed by atoms with van der Waals surface area (Å²) in [6.45, 7) is 2.04. The number of nitrogens with one attached hydrogen (secondary N) is 2. The highest BCUT2D eigenvalue weighted by molar-refractivity contribution is 7.99. The second kappa shape index (κ2) is 15.0. The zero-order valence-corrected chi connectivity index (χ0v) is 24.4. The Morgan fingerprint density at radius 2 is 1.82 bits per heavy atom. The molecule has 40 heavy (non-hydrogen) atoms. The lowest BCUT2D eigenvalue weighted by Crippen LogP contribution is -2.52. The van der Waals surface area contributed by atoms with Gasteiger partial charge in [0.25, 0.3) is 0 Å². The van der Waals surface area contributed by atoms with Crippen LogP contribution in [0.4, 0.5) is 0 Å². The fourth-order valence-corrected chi connectivity index (χ4v) is 5.50. The van der Waals surface area contributed by atoms with Crippen molar-refractivity contribution in [3.8, 4) is 0 Å². The van der Waals surface area contributed by atoms with Crippen LogP contribution in [0.15, 0.2) is 54.6 Å². The highest BCUT2D eigenvalue weighted by atomic mass is 32.2. The largest absolute Gasteiger partial charge is 0.469 e. The highest BCUT2D eigenvalue weighted by Crippen LogP contribution is 2.49. The van der Waals surface area contributed by atoms with Crippen LogP contribution in [0.2, 0.25) is 0 Å². The predicted molar refractivity (Wildman–Crippen MR) is 154 cm³/mol. The molecule has 0 heterocycles. The van der Waals surface area contributed by atoms with Crippen molar-refractivity contribution in [2.75, 3.05) is 45.5 Å². The van der Waals surface area contributed by atoms with Crippen LogP contribution < -0.4 is 10.9 Å². The van der Waals surface area contributed by atoms with Gasteiger partial charge in [-0.25, -0.2) is 5.43 Å². The van der Waals surface area contributed by atoms with E-state index in [4.69, 9.17) is 19.3 Å². The van der Waals surface area contributed by atoms with E-state index >= 15 is 0 Å². The van der Waals surface area contributed by atoms with Crippen LogP contribution >= 0.6 is 11.8 Å². The number of esters is 1. The number of benzene rings is 2. The average Bonchev–Trinajstić information content (AvgIpc) is 3.73. The quantitative estimate of drug-likeness (QED) is 0.0920. The molecule has 2 atom stereocenters. The second-order valence-electron chi connectivity index (χ2n) is 10.5. The standard InChI is InChI=1S/C30H42N2O7S/c1-28(36,22-40-17-15-33)39-16-14-30(26(34)32-31-2,21-38-20-23-8-5-4-6-9-23)25-11-7-10-24(18-25)19-29(12-13-29)27(35)37-3/h4-11,18,31,33,36H,12-17,19-22H2,1-3H3,(H,32,34). The van der Waals surface area contributed by atoms with Gasteiger partial charge < -0.3 is 24.4 Å². The molecule has 1 aliphatic rings. The number of hydrazine groups is 1. The lowest BCUT2D eigenvalue weighted by molar-refractivity contribution is -0.177. The number of rotatable bonds is 18. The predicted octanol–water partition coefficient (Wildman–Crippen LogP) is 2.73. The van der Waals surface area contributed by atoms with Gasteiger partial charge in [0.15, 0.2) is 5.79 Å². The first-order valence-corrected chi connectivity index (χ1v) is 14.7. The van der Waals surface area contributed by atoms with Crippen LogP contribution in [0.1, 0.15) is 42.9 Å². The first-order chi connectivity index (χ1) is 19.2. The van der Waals surface area contributed by atoms with E-state index in [0.717, 1.165) is 29.5 Å². The molecule has 1 fully saturated rings. The van der Waals surface area contributed by atoms with Crippen molar-refractivity contribution < 1.29 is 34.0 Å². The Bertz CT molecular complexity index is 1090. The van der Waals surface area contributed by atoms with Crippen molar-refractivity contribution in [1.29, 1.82) is 0 Å². The Balaban J connectivity index is 1.89. The van der Waals surface area contributed by atoms with Gasteiger partial charge in [0.2, 0.25) is 5.91 Å².